The second kappa shape index (κ2) is 8.09. The zero-order valence-corrected chi connectivity index (χ0v) is 17.8. The van der Waals surface area contributed by atoms with E-state index in [1.807, 2.05) is 36.4 Å². The van der Waals surface area contributed by atoms with E-state index in [0.29, 0.717) is 5.02 Å². The van der Waals surface area contributed by atoms with Gasteiger partial charge in [0.1, 0.15) is 0 Å². The minimum absolute atomic E-state index is 0.0172. The number of halogens is 1. The minimum Gasteiger partial charge on any atom is -0.224 e. The average Bonchev–Trinajstić information content (AvgIpc) is 3.13. The van der Waals surface area contributed by atoms with Crippen LogP contribution in [0.15, 0.2) is 57.8 Å². The molecule has 0 N–H and O–H groups in total. The lowest BCUT2D eigenvalue weighted by atomic mass is 9.96. The van der Waals surface area contributed by atoms with Crippen molar-refractivity contribution < 1.29 is 8.42 Å². The lowest BCUT2D eigenvalue weighted by Gasteiger charge is -2.31. The predicted octanol–water partition coefficient (Wildman–Crippen LogP) is 5.98. The third kappa shape index (κ3) is 4.17. The van der Waals surface area contributed by atoms with Gasteiger partial charge in [-0.3, -0.25) is 0 Å². The van der Waals surface area contributed by atoms with Gasteiger partial charge in [0.2, 0.25) is 4.34 Å². The van der Waals surface area contributed by atoms with Crippen LogP contribution in [0.5, 0.6) is 0 Å². The van der Waals surface area contributed by atoms with Gasteiger partial charge < -0.3 is 0 Å². The first kappa shape index (κ1) is 19.2. The molecule has 0 unspecified atom stereocenters. The molecule has 0 radical (unpaired) electrons. The molecule has 2 aromatic carbocycles. The third-order valence-corrected chi connectivity index (χ3v) is 9.66. The van der Waals surface area contributed by atoms with Gasteiger partial charge in [-0.25, -0.2) is 13.4 Å². The molecule has 27 heavy (non-hydrogen) atoms. The molecule has 1 aliphatic rings. The Hall–Kier alpha value is -1.12. The second-order valence-electron chi connectivity index (χ2n) is 6.54. The topological polar surface area (TPSA) is 50.3 Å². The number of aromatic nitrogens is 1. The molecule has 1 aromatic heterocycles. The maximum absolute atomic E-state index is 13.5. The zero-order valence-electron chi connectivity index (χ0n) is 14.5. The van der Waals surface area contributed by atoms with Crippen LogP contribution in [-0.2, 0) is 10.0 Å². The van der Waals surface area contributed by atoms with E-state index in [4.69, 9.17) is 11.6 Å². The molecule has 1 aliphatic carbocycles. The number of fused-ring (bicyclic) bond motifs is 1. The van der Waals surface area contributed by atoms with Crippen LogP contribution in [-0.4, -0.2) is 23.2 Å². The van der Waals surface area contributed by atoms with E-state index in [-0.39, 0.29) is 10.4 Å². The molecule has 0 saturated heterocycles. The van der Waals surface area contributed by atoms with Gasteiger partial charge in [0, 0.05) is 16.0 Å². The summed E-state index contributed by atoms with van der Waals surface area (Å²) in [5.41, 5.74) is 0.723. The van der Waals surface area contributed by atoms with E-state index in [9.17, 15) is 8.42 Å². The van der Waals surface area contributed by atoms with Crippen molar-refractivity contribution in [1.29, 1.82) is 0 Å². The van der Waals surface area contributed by atoms with Gasteiger partial charge in [-0.1, -0.05) is 43.0 Å². The Balaban J connectivity index is 1.72. The van der Waals surface area contributed by atoms with Gasteiger partial charge >= 0.3 is 0 Å². The summed E-state index contributed by atoms with van der Waals surface area (Å²) in [6, 6.07) is 14.8. The van der Waals surface area contributed by atoms with Gasteiger partial charge in [0.15, 0.2) is 0 Å². The summed E-state index contributed by atoms with van der Waals surface area (Å²) in [7, 11) is -3.70. The van der Waals surface area contributed by atoms with Crippen molar-refractivity contribution in [2.45, 2.75) is 47.4 Å². The van der Waals surface area contributed by atoms with E-state index in [0.717, 1.165) is 47.2 Å². The lowest BCUT2D eigenvalue weighted by Crippen LogP contribution is -2.36. The van der Waals surface area contributed by atoms with Crippen LogP contribution in [0, 0.1) is 0 Å². The number of rotatable bonds is 5. The van der Waals surface area contributed by atoms with Crippen molar-refractivity contribution >= 4 is 55.1 Å². The van der Waals surface area contributed by atoms with Crippen LogP contribution >= 0.6 is 34.9 Å². The van der Waals surface area contributed by atoms with E-state index < -0.39 is 10.0 Å². The highest BCUT2D eigenvalue weighted by molar-refractivity contribution is 8.09. The average molecular weight is 439 g/mol. The first-order chi connectivity index (χ1) is 13.0. The number of sulfonamides is 1. The highest BCUT2D eigenvalue weighted by Crippen LogP contribution is 2.38. The predicted molar refractivity (Wildman–Crippen MR) is 113 cm³/mol. The Bertz CT molecular complexity index is 996. The van der Waals surface area contributed by atoms with Crippen molar-refractivity contribution in [1.82, 2.24) is 8.69 Å². The summed E-state index contributed by atoms with van der Waals surface area (Å²) in [6.45, 7) is 0. The van der Waals surface area contributed by atoms with Crippen LogP contribution in [0.2, 0.25) is 5.02 Å². The van der Waals surface area contributed by atoms with Crippen LogP contribution in [0.25, 0.3) is 10.2 Å². The van der Waals surface area contributed by atoms with Gasteiger partial charge in [-0.15, -0.1) is 15.0 Å². The molecule has 4 rings (SSSR count). The third-order valence-electron chi connectivity index (χ3n) is 4.61. The van der Waals surface area contributed by atoms with Crippen LogP contribution < -0.4 is 0 Å². The number of hydrogen-bond acceptors (Lipinski definition) is 5. The Labute approximate surface area is 172 Å². The molecule has 0 bridgehead atoms. The lowest BCUT2D eigenvalue weighted by molar-refractivity contribution is 0.345. The molecule has 4 nitrogen and oxygen atoms in total. The maximum atomic E-state index is 13.5. The monoisotopic (exact) mass is 438 g/mol. The zero-order chi connectivity index (χ0) is 18.9. The summed E-state index contributed by atoms with van der Waals surface area (Å²) >= 11 is 8.48. The molecule has 1 saturated carbocycles. The molecular formula is C19H19ClN2O2S3. The fraction of sp³-hybridized carbons (Fsp3) is 0.316. The highest BCUT2D eigenvalue weighted by Gasteiger charge is 2.35. The standard InChI is InChI=1S/C19H19ClN2O2S3/c20-14-10-12-16(13-11-14)26-22(15-6-2-1-3-7-15)27(23,24)19-21-17-8-4-5-9-18(17)25-19/h4-5,8-13,15H,1-3,6-7H2. The van der Waals surface area contributed by atoms with Crippen molar-refractivity contribution in [3.05, 3.63) is 53.6 Å². The Morgan fingerprint density at radius 2 is 1.74 bits per heavy atom. The maximum Gasteiger partial charge on any atom is 0.280 e. The number of benzene rings is 2. The van der Waals surface area contributed by atoms with E-state index in [2.05, 4.69) is 4.98 Å². The molecular weight excluding hydrogens is 420 g/mol. The molecule has 0 amide bonds. The summed E-state index contributed by atoms with van der Waals surface area (Å²) < 4.78 is 29.6. The summed E-state index contributed by atoms with van der Waals surface area (Å²) in [6.07, 6.45) is 5.03. The van der Waals surface area contributed by atoms with Crippen LogP contribution in [0.1, 0.15) is 32.1 Å². The minimum atomic E-state index is -3.70. The number of para-hydroxylation sites is 1. The smallest absolute Gasteiger partial charge is 0.224 e. The van der Waals surface area contributed by atoms with Gasteiger partial charge in [0.25, 0.3) is 10.0 Å². The second-order valence-corrected chi connectivity index (χ2v) is 11.3. The van der Waals surface area contributed by atoms with Crippen LogP contribution in [0.3, 0.4) is 0 Å². The van der Waals surface area contributed by atoms with Crippen molar-refractivity contribution in [3.63, 3.8) is 0 Å². The van der Waals surface area contributed by atoms with Crippen molar-refractivity contribution in [3.8, 4) is 0 Å². The Morgan fingerprint density at radius 3 is 2.44 bits per heavy atom. The van der Waals surface area contributed by atoms with Gasteiger partial charge in [-0.05, 0) is 61.2 Å². The molecule has 0 atom stereocenters. The van der Waals surface area contributed by atoms with E-state index >= 15 is 0 Å². The number of thiazole rings is 1. The quantitative estimate of drug-likeness (QED) is 0.459. The summed E-state index contributed by atoms with van der Waals surface area (Å²) in [5.74, 6) is 0. The molecule has 1 fully saturated rings. The first-order valence-electron chi connectivity index (χ1n) is 8.87. The Morgan fingerprint density at radius 1 is 1.04 bits per heavy atom. The normalized spacial score (nSPS) is 16.2. The molecule has 3 aromatic rings. The van der Waals surface area contributed by atoms with Crippen LogP contribution in [0.4, 0.5) is 0 Å². The fourth-order valence-electron chi connectivity index (χ4n) is 3.25. The SMILES string of the molecule is O=S(=O)(c1nc2ccccc2s1)N(Sc1ccc(Cl)cc1)C1CCCCC1. The van der Waals surface area contributed by atoms with E-state index in [1.165, 1.54) is 23.3 Å². The fourth-order valence-corrected chi connectivity index (χ4v) is 7.80. The Kier molecular flexibility index (Phi) is 5.75. The molecule has 8 heteroatoms. The number of hydrogen-bond donors (Lipinski definition) is 0. The van der Waals surface area contributed by atoms with E-state index in [1.54, 1.807) is 15.8 Å². The molecule has 1 heterocycles. The van der Waals surface area contributed by atoms with Gasteiger partial charge in [0.05, 0.1) is 10.2 Å². The first-order valence-corrected chi connectivity index (χ1v) is 12.3. The summed E-state index contributed by atoms with van der Waals surface area (Å²) in [4.78, 5) is 5.27. The van der Waals surface area contributed by atoms with Crippen molar-refractivity contribution in [2.24, 2.45) is 0 Å². The van der Waals surface area contributed by atoms with Gasteiger partial charge in [-0.2, -0.15) is 0 Å². The molecule has 0 aliphatic heterocycles. The highest BCUT2D eigenvalue weighted by atomic mass is 35.5. The summed E-state index contributed by atoms with van der Waals surface area (Å²) in [5, 5.41) is 0.637. The largest absolute Gasteiger partial charge is 0.280 e. The molecule has 0 spiro atoms. The van der Waals surface area contributed by atoms with Crippen molar-refractivity contribution in [2.75, 3.05) is 0 Å². The number of nitrogens with zero attached hydrogens (tertiary/aromatic N) is 2. The molecule has 142 valence electrons.